The molecule has 0 fully saturated rings. The Kier molecular flexibility index (Phi) is 8.11. The molecule has 6 nitrogen and oxygen atoms in total. The highest BCUT2D eigenvalue weighted by Crippen LogP contribution is 2.34. The monoisotopic (exact) mass is 430 g/mol. The fraction of sp³-hybridized carbons (Fsp3) is 0.391. The van der Waals surface area contributed by atoms with Crippen molar-refractivity contribution in [1.82, 2.24) is 5.32 Å². The van der Waals surface area contributed by atoms with Crippen LogP contribution in [-0.2, 0) is 13.2 Å². The van der Waals surface area contributed by atoms with Gasteiger partial charge in [0.15, 0.2) is 11.5 Å². The van der Waals surface area contributed by atoms with Gasteiger partial charge in [0.2, 0.25) is 0 Å². The van der Waals surface area contributed by atoms with Gasteiger partial charge in [-0.15, -0.1) is 0 Å². The zero-order valence-corrected chi connectivity index (χ0v) is 17.9. The van der Waals surface area contributed by atoms with E-state index in [1.54, 1.807) is 30.9 Å². The molecule has 0 radical (unpaired) electrons. The largest absolute Gasteiger partial charge is 0.493 e. The highest BCUT2D eigenvalue weighted by molar-refractivity contribution is 6.31. The van der Waals surface area contributed by atoms with E-state index in [1.165, 1.54) is 37.8 Å². The predicted octanol–water partition coefficient (Wildman–Crippen LogP) is 5.82. The highest BCUT2D eigenvalue weighted by atomic mass is 35.5. The van der Waals surface area contributed by atoms with Crippen molar-refractivity contribution in [3.63, 3.8) is 0 Å². The van der Waals surface area contributed by atoms with E-state index >= 15 is 0 Å². The summed E-state index contributed by atoms with van der Waals surface area (Å²) in [5, 5.41) is 14.8. The normalized spacial score (nSPS) is 13.6. The number of nitro benzene ring substituents is 1. The van der Waals surface area contributed by atoms with Crippen LogP contribution in [0, 0.1) is 10.1 Å². The van der Waals surface area contributed by atoms with Crippen LogP contribution in [0.2, 0.25) is 5.02 Å². The molecule has 0 saturated carbocycles. The first-order chi connectivity index (χ1) is 14.6. The molecular weight excluding hydrogens is 404 g/mol. The maximum atomic E-state index is 10.8. The van der Waals surface area contributed by atoms with Gasteiger partial charge in [0, 0.05) is 29.8 Å². The van der Waals surface area contributed by atoms with Crippen LogP contribution in [0.15, 0.2) is 48.0 Å². The van der Waals surface area contributed by atoms with Crippen LogP contribution in [0.4, 0.5) is 5.69 Å². The first-order valence-electron chi connectivity index (χ1n) is 10.2. The first kappa shape index (κ1) is 22.1. The van der Waals surface area contributed by atoms with Crippen LogP contribution in [0.25, 0.3) is 0 Å². The summed E-state index contributed by atoms with van der Waals surface area (Å²) >= 11 is 6.46. The third-order valence-electron chi connectivity index (χ3n) is 5.20. The molecule has 0 amide bonds. The van der Waals surface area contributed by atoms with Gasteiger partial charge in [-0.1, -0.05) is 23.3 Å². The topological polar surface area (TPSA) is 73.6 Å². The van der Waals surface area contributed by atoms with Gasteiger partial charge in [-0.3, -0.25) is 10.1 Å². The molecule has 0 aliphatic heterocycles. The number of halogens is 1. The summed E-state index contributed by atoms with van der Waals surface area (Å²) < 4.78 is 11.3. The van der Waals surface area contributed by atoms with Gasteiger partial charge < -0.3 is 14.8 Å². The quantitative estimate of drug-likeness (QED) is 0.222. The highest BCUT2D eigenvalue weighted by Gasteiger charge is 2.12. The van der Waals surface area contributed by atoms with Crippen molar-refractivity contribution in [2.75, 3.05) is 13.7 Å². The SMILES string of the molecule is COc1cc(CNCCC2=CCCCC2)c(Cl)cc1OCc1ccc([N+](=O)[O-])cc1. The molecular formula is C23H27ClN2O4. The Morgan fingerprint density at radius 1 is 1.17 bits per heavy atom. The van der Waals surface area contributed by atoms with Crippen LogP contribution in [0.1, 0.15) is 43.2 Å². The van der Waals surface area contributed by atoms with E-state index in [0.29, 0.717) is 23.1 Å². The van der Waals surface area contributed by atoms with Crippen molar-refractivity contribution in [1.29, 1.82) is 0 Å². The molecule has 1 aliphatic carbocycles. The molecule has 1 aliphatic rings. The number of non-ortho nitro benzene ring substituents is 1. The maximum Gasteiger partial charge on any atom is 0.269 e. The second-order valence-electron chi connectivity index (χ2n) is 7.34. The van der Waals surface area contributed by atoms with Crippen LogP contribution < -0.4 is 14.8 Å². The summed E-state index contributed by atoms with van der Waals surface area (Å²) in [6.45, 7) is 1.84. The molecule has 0 unspecified atom stereocenters. The van der Waals surface area contributed by atoms with E-state index in [0.717, 1.165) is 24.1 Å². The third-order valence-corrected chi connectivity index (χ3v) is 5.55. The maximum absolute atomic E-state index is 10.8. The molecule has 2 aromatic carbocycles. The number of rotatable bonds is 10. The van der Waals surface area contributed by atoms with Crippen molar-refractivity contribution in [3.8, 4) is 11.5 Å². The smallest absolute Gasteiger partial charge is 0.269 e. The second kappa shape index (κ2) is 11.0. The Labute approximate surface area is 182 Å². The molecule has 1 N–H and O–H groups in total. The van der Waals surface area contributed by atoms with Crippen molar-refractivity contribution in [2.24, 2.45) is 0 Å². The molecule has 7 heteroatoms. The summed E-state index contributed by atoms with van der Waals surface area (Å²) in [6.07, 6.45) is 8.49. The lowest BCUT2D eigenvalue weighted by molar-refractivity contribution is -0.384. The summed E-state index contributed by atoms with van der Waals surface area (Å²) in [7, 11) is 1.59. The van der Waals surface area contributed by atoms with Gasteiger partial charge in [-0.05, 0) is 68.0 Å². The van der Waals surface area contributed by atoms with E-state index in [1.807, 2.05) is 6.07 Å². The minimum absolute atomic E-state index is 0.0519. The van der Waals surface area contributed by atoms with Gasteiger partial charge in [-0.2, -0.15) is 0 Å². The number of hydrogen-bond acceptors (Lipinski definition) is 5. The standard InChI is InChI=1S/C23H27ClN2O4/c1-29-22-13-19(15-25-12-11-17-5-3-2-4-6-17)21(24)14-23(22)30-16-18-7-9-20(10-8-18)26(27)28/h5,7-10,13-14,25H,2-4,6,11-12,15-16H2,1H3. The van der Waals surface area contributed by atoms with Crippen LogP contribution in [-0.4, -0.2) is 18.6 Å². The lowest BCUT2D eigenvalue weighted by Gasteiger charge is -2.15. The Morgan fingerprint density at radius 2 is 1.97 bits per heavy atom. The lowest BCUT2D eigenvalue weighted by atomic mass is 9.97. The minimum atomic E-state index is -0.424. The third kappa shape index (κ3) is 6.21. The van der Waals surface area contributed by atoms with Gasteiger partial charge in [0.05, 0.1) is 12.0 Å². The van der Waals surface area contributed by atoms with E-state index in [-0.39, 0.29) is 12.3 Å². The van der Waals surface area contributed by atoms with E-state index < -0.39 is 4.92 Å². The van der Waals surface area contributed by atoms with Crippen molar-refractivity contribution in [3.05, 3.63) is 74.3 Å². The zero-order valence-electron chi connectivity index (χ0n) is 17.2. The minimum Gasteiger partial charge on any atom is -0.493 e. The predicted molar refractivity (Wildman–Crippen MR) is 118 cm³/mol. The summed E-state index contributed by atoms with van der Waals surface area (Å²) in [4.78, 5) is 10.3. The number of methoxy groups -OCH3 is 1. The Morgan fingerprint density at radius 3 is 2.63 bits per heavy atom. The van der Waals surface area contributed by atoms with Crippen LogP contribution in [0.5, 0.6) is 11.5 Å². The average Bonchev–Trinajstić information content (AvgIpc) is 2.77. The van der Waals surface area contributed by atoms with Crippen molar-refractivity contribution < 1.29 is 14.4 Å². The molecule has 0 heterocycles. The van der Waals surface area contributed by atoms with Gasteiger partial charge in [0.1, 0.15) is 6.61 Å². The molecule has 2 aromatic rings. The summed E-state index contributed by atoms with van der Waals surface area (Å²) in [5.41, 5.74) is 3.37. The summed E-state index contributed by atoms with van der Waals surface area (Å²) in [5.74, 6) is 1.14. The molecule has 30 heavy (non-hydrogen) atoms. The molecule has 0 atom stereocenters. The number of allylic oxidation sites excluding steroid dienone is 1. The fourth-order valence-electron chi connectivity index (χ4n) is 3.46. The molecule has 0 aromatic heterocycles. The van der Waals surface area contributed by atoms with Gasteiger partial charge >= 0.3 is 0 Å². The zero-order chi connectivity index (χ0) is 21.3. The Bertz CT molecular complexity index is 897. The van der Waals surface area contributed by atoms with Crippen LogP contribution >= 0.6 is 11.6 Å². The first-order valence-corrected chi connectivity index (χ1v) is 10.6. The molecule has 0 saturated heterocycles. The number of nitrogens with zero attached hydrogens (tertiary/aromatic N) is 1. The number of benzene rings is 2. The van der Waals surface area contributed by atoms with Gasteiger partial charge in [0.25, 0.3) is 5.69 Å². The molecule has 160 valence electrons. The van der Waals surface area contributed by atoms with Crippen molar-refractivity contribution >= 4 is 17.3 Å². The number of nitro groups is 1. The van der Waals surface area contributed by atoms with Gasteiger partial charge in [-0.25, -0.2) is 0 Å². The number of hydrogen-bond donors (Lipinski definition) is 1. The molecule has 0 bridgehead atoms. The van der Waals surface area contributed by atoms with E-state index in [2.05, 4.69) is 11.4 Å². The Hall–Kier alpha value is -2.57. The number of ether oxygens (including phenoxy) is 2. The Balaban J connectivity index is 1.56. The average molecular weight is 431 g/mol. The number of nitrogens with one attached hydrogen (secondary N) is 1. The fourth-order valence-corrected chi connectivity index (χ4v) is 3.68. The summed E-state index contributed by atoms with van der Waals surface area (Å²) in [6, 6.07) is 9.91. The molecule has 3 rings (SSSR count). The van der Waals surface area contributed by atoms with E-state index in [4.69, 9.17) is 21.1 Å². The lowest BCUT2D eigenvalue weighted by Crippen LogP contribution is -2.16. The van der Waals surface area contributed by atoms with Crippen molar-refractivity contribution in [2.45, 2.75) is 45.3 Å². The molecule has 0 spiro atoms. The second-order valence-corrected chi connectivity index (χ2v) is 7.75. The van der Waals surface area contributed by atoms with Crippen LogP contribution in [0.3, 0.4) is 0 Å². The van der Waals surface area contributed by atoms with E-state index in [9.17, 15) is 10.1 Å².